The van der Waals surface area contributed by atoms with Gasteiger partial charge in [-0.1, -0.05) is 49.7 Å². The van der Waals surface area contributed by atoms with Crippen LogP contribution in [-0.4, -0.2) is 6.04 Å². The molecule has 0 aliphatic rings. The van der Waals surface area contributed by atoms with Crippen LogP contribution < -0.4 is 10.1 Å². The minimum Gasteiger partial charge on any atom is -0.488 e. The van der Waals surface area contributed by atoms with Crippen molar-refractivity contribution in [1.29, 1.82) is 0 Å². The van der Waals surface area contributed by atoms with Crippen molar-refractivity contribution in [3.8, 4) is 5.75 Å². The molecule has 0 amide bonds. The lowest BCUT2D eigenvalue weighted by atomic mass is 10.2. The Labute approximate surface area is 135 Å². The molecule has 0 spiro atoms. The van der Waals surface area contributed by atoms with Gasteiger partial charge in [-0.25, -0.2) is 0 Å². The second-order valence-corrected chi connectivity index (χ2v) is 6.43. The topological polar surface area (TPSA) is 21.3 Å². The Hall–Kier alpha value is -1.32. The number of rotatable bonds is 6. The van der Waals surface area contributed by atoms with E-state index in [1.807, 2.05) is 6.07 Å². The quantitative estimate of drug-likeness (QED) is 0.807. The molecular formula is C18H22BrNO. The Morgan fingerprint density at radius 3 is 2.33 bits per heavy atom. The molecule has 0 atom stereocenters. The average Bonchev–Trinajstić information content (AvgIpc) is 2.46. The maximum atomic E-state index is 5.88. The molecule has 0 saturated heterocycles. The molecule has 2 aromatic rings. The summed E-state index contributed by atoms with van der Waals surface area (Å²) >= 11 is 3.59. The maximum absolute atomic E-state index is 5.88. The molecule has 0 heterocycles. The van der Waals surface area contributed by atoms with Crippen molar-refractivity contribution < 1.29 is 4.74 Å². The third-order valence-corrected chi connectivity index (χ3v) is 3.85. The van der Waals surface area contributed by atoms with Crippen molar-refractivity contribution in [3.05, 3.63) is 63.6 Å². The molecule has 0 aliphatic carbocycles. The average molecular weight is 348 g/mol. The van der Waals surface area contributed by atoms with E-state index in [9.17, 15) is 0 Å². The van der Waals surface area contributed by atoms with Gasteiger partial charge in [0.05, 0.1) is 4.47 Å². The summed E-state index contributed by atoms with van der Waals surface area (Å²) in [6.07, 6.45) is 0. The van der Waals surface area contributed by atoms with Gasteiger partial charge in [-0.2, -0.15) is 0 Å². The van der Waals surface area contributed by atoms with E-state index in [0.29, 0.717) is 12.6 Å². The molecule has 0 aromatic heterocycles. The number of benzene rings is 2. The van der Waals surface area contributed by atoms with Crippen molar-refractivity contribution in [2.24, 2.45) is 0 Å². The lowest BCUT2D eigenvalue weighted by molar-refractivity contribution is 0.304. The van der Waals surface area contributed by atoms with Crippen LogP contribution in [0.5, 0.6) is 5.75 Å². The summed E-state index contributed by atoms with van der Waals surface area (Å²) in [6, 6.07) is 15.1. The lowest BCUT2D eigenvalue weighted by Crippen LogP contribution is -2.21. The van der Waals surface area contributed by atoms with E-state index in [1.165, 1.54) is 16.7 Å². The van der Waals surface area contributed by atoms with Crippen LogP contribution in [0.1, 0.15) is 30.5 Å². The minimum absolute atomic E-state index is 0.487. The summed E-state index contributed by atoms with van der Waals surface area (Å²) in [6.45, 7) is 7.84. The molecule has 2 aromatic carbocycles. The Kier molecular flexibility index (Phi) is 5.83. The molecule has 0 saturated carbocycles. The monoisotopic (exact) mass is 347 g/mol. The molecule has 0 bridgehead atoms. The number of aryl methyl sites for hydroxylation is 1. The fourth-order valence-electron chi connectivity index (χ4n) is 1.94. The summed E-state index contributed by atoms with van der Waals surface area (Å²) in [5.74, 6) is 0.879. The Bertz CT molecular complexity index is 578. The highest BCUT2D eigenvalue weighted by Gasteiger charge is 2.04. The zero-order chi connectivity index (χ0) is 15.2. The van der Waals surface area contributed by atoms with Crippen molar-refractivity contribution in [3.63, 3.8) is 0 Å². The molecule has 0 radical (unpaired) electrons. The summed E-state index contributed by atoms with van der Waals surface area (Å²) in [5, 5.41) is 3.41. The molecular weight excluding hydrogens is 326 g/mol. The maximum Gasteiger partial charge on any atom is 0.134 e. The Morgan fingerprint density at radius 1 is 1.05 bits per heavy atom. The number of hydrogen-bond donors (Lipinski definition) is 1. The largest absolute Gasteiger partial charge is 0.488 e. The molecule has 112 valence electrons. The smallest absolute Gasteiger partial charge is 0.134 e. The lowest BCUT2D eigenvalue weighted by Gasteiger charge is -2.12. The highest BCUT2D eigenvalue weighted by molar-refractivity contribution is 9.10. The third kappa shape index (κ3) is 5.18. The van der Waals surface area contributed by atoms with Crippen LogP contribution in [0.3, 0.4) is 0 Å². The van der Waals surface area contributed by atoms with Gasteiger partial charge < -0.3 is 10.1 Å². The molecule has 2 nitrogen and oxygen atoms in total. The normalized spacial score (nSPS) is 10.9. The standard InChI is InChI=1S/C18H22BrNO/c1-13(2)20-11-16-8-9-18(17(19)10-16)21-12-15-6-4-14(3)5-7-15/h4-10,13,20H,11-12H2,1-3H3. The van der Waals surface area contributed by atoms with Gasteiger partial charge in [0, 0.05) is 12.6 Å². The van der Waals surface area contributed by atoms with Crippen LogP contribution in [-0.2, 0) is 13.2 Å². The number of halogens is 1. The van der Waals surface area contributed by atoms with Crippen molar-refractivity contribution >= 4 is 15.9 Å². The first kappa shape index (κ1) is 16.1. The SMILES string of the molecule is Cc1ccc(COc2ccc(CNC(C)C)cc2Br)cc1. The summed E-state index contributed by atoms with van der Waals surface area (Å²) in [7, 11) is 0. The second-order valence-electron chi connectivity index (χ2n) is 5.57. The van der Waals surface area contributed by atoms with Crippen LogP contribution in [0.25, 0.3) is 0 Å². The van der Waals surface area contributed by atoms with Crippen molar-refractivity contribution in [2.45, 2.75) is 40.0 Å². The molecule has 21 heavy (non-hydrogen) atoms. The van der Waals surface area contributed by atoms with Gasteiger partial charge in [0.25, 0.3) is 0 Å². The highest BCUT2D eigenvalue weighted by Crippen LogP contribution is 2.27. The minimum atomic E-state index is 0.487. The number of nitrogens with one attached hydrogen (secondary N) is 1. The van der Waals surface area contributed by atoms with Gasteiger partial charge in [-0.15, -0.1) is 0 Å². The van der Waals surface area contributed by atoms with Gasteiger partial charge >= 0.3 is 0 Å². The third-order valence-electron chi connectivity index (χ3n) is 3.23. The van der Waals surface area contributed by atoms with Gasteiger partial charge in [-0.05, 0) is 46.1 Å². The number of hydrogen-bond acceptors (Lipinski definition) is 2. The first-order chi connectivity index (χ1) is 10.0. The molecule has 0 aliphatic heterocycles. The molecule has 2 rings (SSSR count). The predicted molar refractivity (Wildman–Crippen MR) is 91.6 cm³/mol. The van der Waals surface area contributed by atoms with Gasteiger partial charge in [-0.3, -0.25) is 0 Å². The van der Waals surface area contributed by atoms with E-state index in [1.54, 1.807) is 0 Å². The molecule has 1 N–H and O–H groups in total. The zero-order valence-corrected chi connectivity index (χ0v) is 14.4. The van der Waals surface area contributed by atoms with E-state index >= 15 is 0 Å². The Balaban J connectivity index is 1.95. The van der Waals surface area contributed by atoms with Crippen LogP contribution in [0, 0.1) is 6.92 Å². The summed E-state index contributed by atoms with van der Waals surface area (Å²) < 4.78 is 6.87. The van der Waals surface area contributed by atoms with E-state index in [-0.39, 0.29) is 0 Å². The molecule has 0 unspecified atom stereocenters. The second kappa shape index (κ2) is 7.62. The van der Waals surface area contributed by atoms with E-state index in [2.05, 4.69) is 78.4 Å². The van der Waals surface area contributed by atoms with Crippen molar-refractivity contribution in [1.82, 2.24) is 5.32 Å². The Morgan fingerprint density at radius 2 is 1.71 bits per heavy atom. The van der Waals surface area contributed by atoms with Crippen LogP contribution in [0.2, 0.25) is 0 Å². The van der Waals surface area contributed by atoms with Gasteiger partial charge in [0.15, 0.2) is 0 Å². The molecule has 3 heteroatoms. The van der Waals surface area contributed by atoms with Crippen LogP contribution >= 0.6 is 15.9 Å². The van der Waals surface area contributed by atoms with Crippen molar-refractivity contribution in [2.75, 3.05) is 0 Å². The molecule has 0 fully saturated rings. The van der Waals surface area contributed by atoms with E-state index in [4.69, 9.17) is 4.74 Å². The van der Waals surface area contributed by atoms with Crippen LogP contribution in [0.4, 0.5) is 0 Å². The fourth-order valence-corrected chi connectivity index (χ4v) is 2.48. The number of ether oxygens (including phenoxy) is 1. The first-order valence-electron chi connectivity index (χ1n) is 7.25. The summed E-state index contributed by atoms with van der Waals surface area (Å²) in [5.41, 5.74) is 3.69. The summed E-state index contributed by atoms with van der Waals surface area (Å²) in [4.78, 5) is 0. The first-order valence-corrected chi connectivity index (χ1v) is 8.04. The van der Waals surface area contributed by atoms with Crippen LogP contribution in [0.15, 0.2) is 46.9 Å². The van der Waals surface area contributed by atoms with Gasteiger partial charge in [0.2, 0.25) is 0 Å². The predicted octanol–water partition coefficient (Wildman–Crippen LogP) is 4.83. The van der Waals surface area contributed by atoms with Gasteiger partial charge in [0.1, 0.15) is 12.4 Å². The van der Waals surface area contributed by atoms with E-state index in [0.717, 1.165) is 16.8 Å². The zero-order valence-electron chi connectivity index (χ0n) is 12.8. The highest BCUT2D eigenvalue weighted by atomic mass is 79.9. The fraction of sp³-hybridized carbons (Fsp3) is 0.333. The van der Waals surface area contributed by atoms with E-state index < -0.39 is 0 Å².